The van der Waals surface area contributed by atoms with Crippen molar-refractivity contribution in [3.05, 3.63) is 0 Å². The summed E-state index contributed by atoms with van der Waals surface area (Å²) in [6, 6.07) is 1.46. The Morgan fingerprint density at radius 2 is 1.86 bits per heavy atom. The molecule has 0 unspecified atom stereocenters. The molecule has 1 aliphatic rings. The first-order valence-corrected chi connectivity index (χ1v) is 5.82. The van der Waals surface area contributed by atoms with Crippen LogP contribution in [0.5, 0.6) is 0 Å². The molecule has 0 radical (unpaired) electrons. The molecule has 0 spiro atoms. The van der Waals surface area contributed by atoms with Crippen LogP contribution in [0.1, 0.15) is 46.5 Å². The minimum absolute atomic E-state index is 0.418. The monoisotopic (exact) mass is 200 g/mol. The Bertz CT molecular complexity index is 153. The molecule has 1 saturated carbocycles. The van der Waals surface area contributed by atoms with Crippen molar-refractivity contribution in [2.45, 2.75) is 64.6 Å². The van der Waals surface area contributed by atoms with Gasteiger partial charge in [-0.3, -0.25) is 4.84 Å². The van der Waals surface area contributed by atoms with Crippen molar-refractivity contribution in [2.24, 2.45) is 5.73 Å². The summed E-state index contributed by atoms with van der Waals surface area (Å²) < 4.78 is 0. The van der Waals surface area contributed by atoms with Gasteiger partial charge in [0.15, 0.2) is 0 Å². The number of hydrogen-bond acceptors (Lipinski definition) is 3. The van der Waals surface area contributed by atoms with Gasteiger partial charge in [-0.25, -0.2) is 0 Å². The summed E-state index contributed by atoms with van der Waals surface area (Å²) in [4.78, 5) is 5.67. The van der Waals surface area contributed by atoms with E-state index in [0.29, 0.717) is 18.1 Å². The number of hydroxylamine groups is 2. The summed E-state index contributed by atoms with van der Waals surface area (Å²) in [7, 11) is 0. The van der Waals surface area contributed by atoms with Gasteiger partial charge in [0.05, 0.1) is 6.61 Å². The third-order valence-corrected chi connectivity index (χ3v) is 2.89. The zero-order chi connectivity index (χ0) is 10.6. The van der Waals surface area contributed by atoms with E-state index in [1.165, 1.54) is 12.8 Å². The Balaban J connectivity index is 2.43. The Labute approximate surface area is 87.6 Å². The molecule has 84 valence electrons. The highest BCUT2D eigenvalue weighted by molar-refractivity contribution is 4.79. The van der Waals surface area contributed by atoms with Crippen LogP contribution < -0.4 is 5.73 Å². The Morgan fingerprint density at radius 1 is 1.29 bits per heavy atom. The molecule has 0 aromatic heterocycles. The number of rotatable bonds is 4. The van der Waals surface area contributed by atoms with Crippen molar-refractivity contribution in [3.63, 3.8) is 0 Å². The molecule has 1 rings (SSSR count). The standard InChI is InChI=1S/C11H24N2O/c1-4-14-13(9(2)3)11-7-5-10(12)6-8-11/h9-11H,4-8,12H2,1-3H3. The van der Waals surface area contributed by atoms with Crippen molar-refractivity contribution in [1.29, 1.82) is 0 Å². The van der Waals surface area contributed by atoms with Gasteiger partial charge < -0.3 is 5.73 Å². The molecule has 14 heavy (non-hydrogen) atoms. The topological polar surface area (TPSA) is 38.5 Å². The van der Waals surface area contributed by atoms with Crippen molar-refractivity contribution >= 4 is 0 Å². The third-order valence-electron chi connectivity index (χ3n) is 2.89. The van der Waals surface area contributed by atoms with Gasteiger partial charge in [-0.1, -0.05) is 0 Å². The van der Waals surface area contributed by atoms with Crippen LogP contribution in [0.4, 0.5) is 0 Å². The summed E-state index contributed by atoms with van der Waals surface area (Å²) in [5, 5.41) is 2.16. The van der Waals surface area contributed by atoms with Gasteiger partial charge in [0.2, 0.25) is 0 Å². The second-order valence-corrected chi connectivity index (χ2v) is 4.44. The van der Waals surface area contributed by atoms with Crippen LogP contribution in [0.15, 0.2) is 0 Å². The lowest BCUT2D eigenvalue weighted by Crippen LogP contribution is -2.44. The summed E-state index contributed by atoms with van der Waals surface area (Å²) in [5.74, 6) is 0. The fraction of sp³-hybridized carbons (Fsp3) is 1.00. The van der Waals surface area contributed by atoms with E-state index in [4.69, 9.17) is 10.6 Å². The highest BCUT2D eigenvalue weighted by atomic mass is 16.7. The summed E-state index contributed by atoms with van der Waals surface area (Å²) in [6.07, 6.45) is 4.64. The molecule has 3 heteroatoms. The summed E-state index contributed by atoms with van der Waals surface area (Å²) in [5.41, 5.74) is 5.89. The molecule has 0 aliphatic heterocycles. The van der Waals surface area contributed by atoms with E-state index in [9.17, 15) is 0 Å². The molecule has 0 amide bonds. The average Bonchev–Trinajstić information content (AvgIpc) is 2.15. The third kappa shape index (κ3) is 3.23. The van der Waals surface area contributed by atoms with Crippen LogP contribution in [-0.4, -0.2) is 29.8 Å². The fourth-order valence-corrected chi connectivity index (χ4v) is 2.18. The van der Waals surface area contributed by atoms with E-state index in [-0.39, 0.29) is 0 Å². The van der Waals surface area contributed by atoms with Gasteiger partial charge in [0.1, 0.15) is 0 Å². The van der Waals surface area contributed by atoms with Crippen LogP contribution in [0.2, 0.25) is 0 Å². The molecule has 0 heterocycles. The number of hydrogen-bond donors (Lipinski definition) is 1. The smallest absolute Gasteiger partial charge is 0.0657 e. The minimum atomic E-state index is 0.418. The SMILES string of the molecule is CCON(C(C)C)C1CCC(N)CC1. The first-order chi connectivity index (χ1) is 6.65. The van der Waals surface area contributed by atoms with Crippen molar-refractivity contribution in [1.82, 2.24) is 5.06 Å². The summed E-state index contributed by atoms with van der Waals surface area (Å²) >= 11 is 0. The lowest BCUT2D eigenvalue weighted by atomic mass is 9.91. The molecule has 0 aromatic rings. The van der Waals surface area contributed by atoms with Crippen molar-refractivity contribution in [3.8, 4) is 0 Å². The normalized spacial score (nSPS) is 28.7. The lowest BCUT2D eigenvalue weighted by Gasteiger charge is -2.37. The van der Waals surface area contributed by atoms with E-state index in [0.717, 1.165) is 19.4 Å². The van der Waals surface area contributed by atoms with Crippen molar-refractivity contribution < 1.29 is 4.84 Å². The van der Waals surface area contributed by atoms with Crippen LogP contribution in [0.3, 0.4) is 0 Å². The first kappa shape index (κ1) is 12.0. The average molecular weight is 200 g/mol. The quantitative estimate of drug-likeness (QED) is 0.705. The highest BCUT2D eigenvalue weighted by Crippen LogP contribution is 2.23. The van der Waals surface area contributed by atoms with Gasteiger partial charge in [0, 0.05) is 18.1 Å². The second-order valence-electron chi connectivity index (χ2n) is 4.44. The van der Waals surface area contributed by atoms with E-state index >= 15 is 0 Å². The largest absolute Gasteiger partial charge is 0.328 e. The van der Waals surface area contributed by atoms with E-state index in [1.807, 2.05) is 6.92 Å². The predicted octanol–water partition coefficient (Wildman–Crippen LogP) is 1.92. The van der Waals surface area contributed by atoms with E-state index in [1.54, 1.807) is 0 Å². The highest BCUT2D eigenvalue weighted by Gasteiger charge is 2.26. The number of nitrogens with two attached hydrogens (primary N) is 1. The van der Waals surface area contributed by atoms with E-state index in [2.05, 4.69) is 18.9 Å². The Morgan fingerprint density at radius 3 is 2.29 bits per heavy atom. The second kappa shape index (κ2) is 5.69. The molecule has 0 saturated heterocycles. The zero-order valence-electron chi connectivity index (χ0n) is 9.70. The van der Waals surface area contributed by atoms with Crippen molar-refractivity contribution in [2.75, 3.05) is 6.61 Å². The fourth-order valence-electron chi connectivity index (χ4n) is 2.18. The first-order valence-electron chi connectivity index (χ1n) is 5.82. The maximum atomic E-state index is 5.89. The maximum Gasteiger partial charge on any atom is 0.0657 e. The van der Waals surface area contributed by atoms with Crippen LogP contribution in [0, 0.1) is 0 Å². The molecule has 2 N–H and O–H groups in total. The van der Waals surface area contributed by atoms with Crippen LogP contribution >= 0.6 is 0 Å². The van der Waals surface area contributed by atoms with E-state index < -0.39 is 0 Å². The lowest BCUT2D eigenvalue weighted by molar-refractivity contribution is -0.208. The van der Waals surface area contributed by atoms with Gasteiger partial charge in [-0.2, -0.15) is 5.06 Å². The summed E-state index contributed by atoms with van der Waals surface area (Å²) in [6.45, 7) is 7.18. The van der Waals surface area contributed by atoms with Gasteiger partial charge >= 0.3 is 0 Å². The maximum absolute atomic E-state index is 5.89. The van der Waals surface area contributed by atoms with Gasteiger partial charge in [0.25, 0.3) is 0 Å². The molecule has 1 aliphatic carbocycles. The number of nitrogens with zero attached hydrogens (tertiary/aromatic N) is 1. The molecule has 0 bridgehead atoms. The minimum Gasteiger partial charge on any atom is -0.328 e. The van der Waals surface area contributed by atoms with Gasteiger partial charge in [-0.15, -0.1) is 0 Å². The molecule has 3 nitrogen and oxygen atoms in total. The Hall–Kier alpha value is -0.120. The van der Waals surface area contributed by atoms with Gasteiger partial charge in [-0.05, 0) is 46.5 Å². The molecule has 0 aromatic carbocycles. The van der Waals surface area contributed by atoms with Crippen LogP contribution in [0.25, 0.3) is 0 Å². The van der Waals surface area contributed by atoms with Crippen LogP contribution in [-0.2, 0) is 4.84 Å². The molecular formula is C11H24N2O. The zero-order valence-corrected chi connectivity index (χ0v) is 9.70. The molecular weight excluding hydrogens is 176 g/mol. The Kier molecular flexibility index (Phi) is 4.85. The molecule has 1 fully saturated rings. The molecule has 0 atom stereocenters. The predicted molar refractivity (Wildman–Crippen MR) is 58.8 cm³/mol.